The van der Waals surface area contributed by atoms with Crippen LogP contribution in [0.25, 0.3) is 10.2 Å². The van der Waals surface area contributed by atoms with Gasteiger partial charge in [0.25, 0.3) is 5.91 Å². The molecule has 2 aromatic carbocycles. The van der Waals surface area contributed by atoms with E-state index in [0.29, 0.717) is 12.1 Å². The standard InChI is InChI=1S/C24H31N5O3S/c1-27(2)18-7-5-17(6-8-18)23(30)25-11-12-28-13-15-29(16-14-28)24-26-21-19(31-3)9-10-20(32-4)22(21)33-24/h5-10H,11-16H2,1-4H3,(H,25,30). The number of ether oxygens (including phenoxy) is 2. The average molecular weight is 470 g/mol. The van der Waals surface area contributed by atoms with Crippen LogP contribution < -0.4 is 24.6 Å². The minimum absolute atomic E-state index is 0.0312. The van der Waals surface area contributed by atoms with Gasteiger partial charge in [0, 0.05) is 64.6 Å². The minimum atomic E-state index is -0.0312. The van der Waals surface area contributed by atoms with Crippen LogP contribution in [0.15, 0.2) is 36.4 Å². The van der Waals surface area contributed by atoms with E-state index in [0.717, 1.165) is 65.3 Å². The number of nitrogens with one attached hydrogen (secondary N) is 1. The van der Waals surface area contributed by atoms with Crippen LogP contribution in [-0.4, -0.2) is 83.4 Å². The second-order valence-corrected chi connectivity index (χ2v) is 9.15. The highest BCUT2D eigenvalue weighted by Gasteiger charge is 2.22. The van der Waals surface area contributed by atoms with Crippen LogP contribution in [-0.2, 0) is 0 Å². The average Bonchev–Trinajstić information content (AvgIpc) is 3.29. The number of thiazole rings is 1. The summed E-state index contributed by atoms with van der Waals surface area (Å²) in [4.78, 5) is 24.0. The van der Waals surface area contributed by atoms with Gasteiger partial charge in [-0.1, -0.05) is 11.3 Å². The van der Waals surface area contributed by atoms with E-state index in [-0.39, 0.29) is 5.91 Å². The SMILES string of the molecule is COc1ccc(OC)c2sc(N3CCN(CCNC(=O)c4ccc(N(C)C)cc4)CC3)nc12. The fourth-order valence-electron chi connectivity index (χ4n) is 3.91. The Morgan fingerprint density at radius 2 is 1.70 bits per heavy atom. The first-order chi connectivity index (χ1) is 16.0. The monoisotopic (exact) mass is 469 g/mol. The van der Waals surface area contributed by atoms with Gasteiger partial charge in [0.1, 0.15) is 21.7 Å². The van der Waals surface area contributed by atoms with Crippen LogP contribution in [0, 0.1) is 0 Å². The Bertz CT molecular complexity index is 1050. The molecule has 3 aromatic rings. The summed E-state index contributed by atoms with van der Waals surface area (Å²) in [5.74, 6) is 1.55. The van der Waals surface area contributed by atoms with E-state index in [2.05, 4.69) is 15.1 Å². The molecule has 0 bridgehead atoms. The lowest BCUT2D eigenvalue weighted by atomic mass is 10.2. The zero-order valence-corrected chi connectivity index (χ0v) is 20.4. The van der Waals surface area contributed by atoms with Gasteiger partial charge in [-0.2, -0.15) is 0 Å². The van der Waals surface area contributed by atoms with E-state index in [1.807, 2.05) is 55.4 Å². The summed E-state index contributed by atoms with van der Waals surface area (Å²) < 4.78 is 12.0. The first kappa shape index (κ1) is 23.1. The molecule has 0 spiro atoms. The Labute approximate surface area is 198 Å². The third-order valence-corrected chi connectivity index (χ3v) is 7.03. The first-order valence-corrected chi connectivity index (χ1v) is 11.9. The molecule has 0 saturated carbocycles. The smallest absolute Gasteiger partial charge is 0.251 e. The minimum Gasteiger partial charge on any atom is -0.495 e. The number of rotatable bonds is 8. The van der Waals surface area contributed by atoms with Crippen molar-refractivity contribution in [1.82, 2.24) is 15.2 Å². The molecular weight excluding hydrogens is 438 g/mol. The zero-order valence-electron chi connectivity index (χ0n) is 19.6. The second kappa shape index (κ2) is 10.3. The number of hydrogen-bond donors (Lipinski definition) is 1. The number of carbonyl (C=O) groups is 1. The predicted octanol–water partition coefficient (Wildman–Crippen LogP) is 2.93. The molecule has 1 aliphatic heterocycles. The van der Waals surface area contributed by atoms with Gasteiger partial charge in [0.05, 0.1) is 14.2 Å². The molecule has 8 nitrogen and oxygen atoms in total. The maximum absolute atomic E-state index is 12.4. The molecular formula is C24H31N5O3S. The summed E-state index contributed by atoms with van der Waals surface area (Å²) in [6.07, 6.45) is 0. The number of amides is 1. The first-order valence-electron chi connectivity index (χ1n) is 11.0. The van der Waals surface area contributed by atoms with Gasteiger partial charge >= 0.3 is 0 Å². The van der Waals surface area contributed by atoms with Crippen LogP contribution in [0.5, 0.6) is 11.5 Å². The highest BCUT2D eigenvalue weighted by molar-refractivity contribution is 7.22. The molecule has 0 radical (unpaired) electrons. The molecule has 0 aliphatic carbocycles. The highest BCUT2D eigenvalue weighted by atomic mass is 32.1. The topological polar surface area (TPSA) is 70.2 Å². The number of carbonyl (C=O) groups excluding carboxylic acids is 1. The van der Waals surface area contributed by atoms with E-state index in [9.17, 15) is 4.79 Å². The zero-order chi connectivity index (χ0) is 23.4. The van der Waals surface area contributed by atoms with Gasteiger partial charge in [-0.05, 0) is 36.4 Å². The van der Waals surface area contributed by atoms with E-state index >= 15 is 0 Å². The molecule has 1 fully saturated rings. The van der Waals surface area contributed by atoms with Gasteiger partial charge < -0.3 is 24.6 Å². The molecule has 1 N–H and O–H groups in total. The molecule has 0 atom stereocenters. The van der Waals surface area contributed by atoms with E-state index < -0.39 is 0 Å². The fourth-order valence-corrected chi connectivity index (χ4v) is 5.04. The summed E-state index contributed by atoms with van der Waals surface area (Å²) in [5, 5.41) is 4.02. The highest BCUT2D eigenvalue weighted by Crippen LogP contribution is 2.40. The van der Waals surface area contributed by atoms with Crippen molar-refractivity contribution in [3.63, 3.8) is 0 Å². The van der Waals surface area contributed by atoms with E-state index in [1.54, 1.807) is 25.6 Å². The third-order valence-electron chi connectivity index (χ3n) is 5.90. The Hall–Kier alpha value is -3.04. The largest absolute Gasteiger partial charge is 0.495 e. The Morgan fingerprint density at radius 1 is 1.03 bits per heavy atom. The number of benzene rings is 2. The second-order valence-electron chi connectivity index (χ2n) is 8.17. The lowest BCUT2D eigenvalue weighted by molar-refractivity contribution is 0.0948. The Balaban J connectivity index is 1.28. The van der Waals surface area contributed by atoms with Crippen LogP contribution in [0.1, 0.15) is 10.4 Å². The van der Waals surface area contributed by atoms with Crippen molar-refractivity contribution in [2.45, 2.75) is 0 Å². The normalized spacial score (nSPS) is 14.4. The van der Waals surface area contributed by atoms with Crippen LogP contribution >= 0.6 is 11.3 Å². The summed E-state index contributed by atoms with van der Waals surface area (Å²) in [6, 6.07) is 11.5. The third kappa shape index (κ3) is 5.15. The Morgan fingerprint density at radius 3 is 2.33 bits per heavy atom. The van der Waals surface area contributed by atoms with Crippen molar-refractivity contribution in [2.75, 3.05) is 77.4 Å². The van der Waals surface area contributed by atoms with Gasteiger partial charge in [-0.15, -0.1) is 0 Å². The molecule has 0 unspecified atom stereocenters. The van der Waals surface area contributed by atoms with Crippen molar-refractivity contribution in [1.29, 1.82) is 0 Å². The predicted molar refractivity (Wildman–Crippen MR) is 134 cm³/mol. The lowest BCUT2D eigenvalue weighted by Crippen LogP contribution is -2.48. The van der Waals surface area contributed by atoms with Crippen molar-refractivity contribution in [3.05, 3.63) is 42.0 Å². The Kier molecular flexibility index (Phi) is 7.20. The number of aromatic nitrogens is 1. The number of nitrogens with zero attached hydrogens (tertiary/aromatic N) is 4. The lowest BCUT2D eigenvalue weighted by Gasteiger charge is -2.34. The molecule has 33 heavy (non-hydrogen) atoms. The van der Waals surface area contributed by atoms with E-state index in [1.165, 1.54) is 0 Å². The number of anilines is 2. The number of piperazine rings is 1. The molecule has 176 valence electrons. The summed E-state index contributed by atoms with van der Waals surface area (Å²) in [5.41, 5.74) is 2.61. The van der Waals surface area contributed by atoms with Gasteiger partial charge in [0.2, 0.25) is 0 Å². The van der Waals surface area contributed by atoms with Crippen molar-refractivity contribution in [2.24, 2.45) is 0 Å². The number of fused-ring (bicyclic) bond motifs is 1. The van der Waals surface area contributed by atoms with Crippen LogP contribution in [0.2, 0.25) is 0 Å². The molecule has 9 heteroatoms. The maximum atomic E-state index is 12.4. The summed E-state index contributed by atoms with van der Waals surface area (Å²) in [7, 11) is 7.31. The van der Waals surface area contributed by atoms with Crippen LogP contribution in [0.4, 0.5) is 10.8 Å². The quantitative estimate of drug-likeness (QED) is 0.544. The van der Waals surface area contributed by atoms with Crippen molar-refractivity contribution < 1.29 is 14.3 Å². The van der Waals surface area contributed by atoms with Crippen LogP contribution in [0.3, 0.4) is 0 Å². The van der Waals surface area contributed by atoms with Gasteiger partial charge in [-0.3, -0.25) is 9.69 Å². The molecule has 4 rings (SSSR count). The number of methoxy groups -OCH3 is 2. The van der Waals surface area contributed by atoms with Crippen molar-refractivity contribution >= 4 is 38.3 Å². The summed E-state index contributed by atoms with van der Waals surface area (Å²) >= 11 is 1.64. The van der Waals surface area contributed by atoms with E-state index in [4.69, 9.17) is 14.5 Å². The summed E-state index contributed by atoms with van der Waals surface area (Å²) in [6.45, 7) is 5.10. The molecule has 1 aromatic heterocycles. The number of hydrogen-bond acceptors (Lipinski definition) is 8. The fraction of sp³-hybridized carbons (Fsp3) is 0.417. The van der Waals surface area contributed by atoms with Gasteiger partial charge in [-0.25, -0.2) is 4.98 Å². The van der Waals surface area contributed by atoms with Crippen molar-refractivity contribution in [3.8, 4) is 11.5 Å². The molecule has 1 aliphatic rings. The molecule has 1 amide bonds. The van der Waals surface area contributed by atoms with Gasteiger partial charge in [0.15, 0.2) is 5.13 Å². The molecule has 2 heterocycles. The maximum Gasteiger partial charge on any atom is 0.251 e. The molecule has 1 saturated heterocycles.